The predicted molar refractivity (Wildman–Crippen MR) is 89.0 cm³/mol. The lowest BCUT2D eigenvalue weighted by atomic mass is 10.1. The van der Waals surface area contributed by atoms with Crippen LogP contribution >= 0.6 is 0 Å². The van der Waals surface area contributed by atoms with Gasteiger partial charge in [0.1, 0.15) is 5.60 Å². The number of carbonyl (C=O) groups excluding carboxylic acids is 1. The Hall–Kier alpha value is -2.23. The molecule has 2 aromatic rings. The average Bonchev–Trinajstić information content (AvgIpc) is 2.81. The fraction of sp³-hybridized carbons (Fsp3) is 0.389. The molecule has 0 radical (unpaired) electrons. The molecule has 0 aliphatic carbocycles. The smallest absolute Gasteiger partial charge is 0.418 e. The highest BCUT2D eigenvalue weighted by Crippen LogP contribution is 2.24. The van der Waals surface area contributed by atoms with Gasteiger partial charge in [-0.2, -0.15) is 0 Å². The van der Waals surface area contributed by atoms with E-state index in [1.807, 2.05) is 58.9 Å². The minimum absolute atomic E-state index is 0.358. The Morgan fingerprint density at radius 2 is 2.05 bits per heavy atom. The van der Waals surface area contributed by atoms with Crippen LogP contribution in [0, 0.1) is 6.92 Å². The summed E-state index contributed by atoms with van der Waals surface area (Å²) in [5.74, 6) is 0. The van der Waals surface area contributed by atoms with Crippen LogP contribution in [0.2, 0.25) is 0 Å². The summed E-state index contributed by atoms with van der Waals surface area (Å²) in [6.07, 6.45) is 5.00. The Kier molecular flexibility index (Phi) is 4.59. The largest absolute Gasteiger partial charge is 0.501 e. The second kappa shape index (κ2) is 6.26. The number of carbonyl (C=O) groups is 1. The molecular formula is C18H23NO3. The van der Waals surface area contributed by atoms with Crippen LogP contribution in [-0.2, 0) is 9.47 Å². The molecule has 0 spiro atoms. The van der Waals surface area contributed by atoms with E-state index in [1.54, 1.807) is 17.0 Å². The van der Waals surface area contributed by atoms with Crippen molar-refractivity contribution in [1.29, 1.82) is 0 Å². The quantitative estimate of drug-likeness (QED) is 0.769. The minimum atomic E-state index is -0.512. The Morgan fingerprint density at radius 3 is 2.68 bits per heavy atom. The minimum Gasteiger partial charge on any atom is -0.501 e. The van der Waals surface area contributed by atoms with E-state index in [0.29, 0.717) is 6.61 Å². The molecule has 118 valence electrons. The zero-order valence-corrected chi connectivity index (χ0v) is 13.8. The van der Waals surface area contributed by atoms with Crippen molar-refractivity contribution >= 4 is 23.1 Å². The summed E-state index contributed by atoms with van der Waals surface area (Å²) in [5.41, 5.74) is 2.43. The zero-order valence-electron chi connectivity index (χ0n) is 13.8. The van der Waals surface area contributed by atoms with E-state index < -0.39 is 5.60 Å². The first-order chi connectivity index (χ1) is 10.3. The van der Waals surface area contributed by atoms with Crippen LogP contribution in [-0.4, -0.2) is 22.9 Å². The fourth-order valence-corrected chi connectivity index (χ4v) is 2.30. The molecule has 1 heterocycles. The van der Waals surface area contributed by atoms with Crippen LogP contribution in [0.1, 0.15) is 38.8 Å². The maximum Gasteiger partial charge on any atom is 0.418 e. The second-order valence-corrected chi connectivity index (χ2v) is 6.20. The highest BCUT2D eigenvalue weighted by atomic mass is 16.6. The lowest BCUT2D eigenvalue weighted by Crippen LogP contribution is -2.26. The van der Waals surface area contributed by atoms with E-state index in [-0.39, 0.29) is 6.09 Å². The van der Waals surface area contributed by atoms with Crippen molar-refractivity contribution in [3.8, 4) is 0 Å². The number of hydrogen-bond donors (Lipinski definition) is 0. The van der Waals surface area contributed by atoms with Crippen molar-refractivity contribution in [3.05, 3.63) is 41.8 Å². The highest BCUT2D eigenvalue weighted by molar-refractivity contribution is 5.93. The molecule has 0 fully saturated rings. The molecule has 0 saturated carbocycles. The van der Waals surface area contributed by atoms with E-state index in [0.717, 1.165) is 22.0 Å². The van der Waals surface area contributed by atoms with Crippen LogP contribution in [0.15, 0.2) is 30.7 Å². The van der Waals surface area contributed by atoms with Gasteiger partial charge in [-0.3, -0.25) is 4.57 Å². The molecule has 0 bridgehead atoms. The van der Waals surface area contributed by atoms with Gasteiger partial charge in [-0.1, -0.05) is 0 Å². The normalized spacial score (nSPS) is 12.0. The van der Waals surface area contributed by atoms with Crippen LogP contribution in [0.3, 0.4) is 0 Å². The molecule has 22 heavy (non-hydrogen) atoms. The Morgan fingerprint density at radius 1 is 1.32 bits per heavy atom. The SMILES string of the molecule is CCO/C=C/c1cc(C)c2c(ccn2C(=O)OC(C)(C)C)c1. The average molecular weight is 301 g/mol. The summed E-state index contributed by atoms with van der Waals surface area (Å²) in [5, 5.41) is 1.00. The number of aromatic nitrogens is 1. The van der Waals surface area contributed by atoms with E-state index in [1.165, 1.54) is 0 Å². The molecule has 2 rings (SSSR count). The van der Waals surface area contributed by atoms with Gasteiger partial charge in [0.15, 0.2) is 0 Å². The molecule has 1 aromatic heterocycles. The monoisotopic (exact) mass is 301 g/mol. The van der Waals surface area contributed by atoms with Crippen molar-refractivity contribution in [3.63, 3.8) is 0 Å². The first-order valence-corrected chi connectivity index (χ1v) is 7.45. The number of hydrogen-bond acceptors (Lipinski definition) is 3. The molecule has 0 atom stereocenters. The van der Waals surface area contributed by atoms with Gasteiger partial charge in [0.05, 0.1) is 18.4 Å². The summed E-state index contributed by atoms with van der Waals surface area (Å²) >= 11 is 0. The number of fused-ring (bicyclic) bond motifs is 1. The molecule has 0 N–H and O–H groups in total. The van der Waals surface area contributed by atoms with Crippen molar-refractivity contribution in [2.75, 3.05) is 6.61 Å². The van der Waals surface area contributed by atoms with Gasteiger partial charge >= 0.3 is 6.09 Å². The lowest BCUT2D eigenvalue weighted by Gasteiger charge is -2.20. The molecular weight excluding hydrogens is 278 g/mol. The van der Waals surface area contributed by atoms with E-state index in [4.69, 9.17) is 9.47 Å². The molecule has 0 amide bonds. The van der Waals surface area contributed by atoms with Gasteiger partial charge in [0, 0.05) is 11.6 Å². The first kappa shape index (κ1) is 16.1. The zero-order chi connectivity index (χ0) is 16.3. The van der Waals surface area contributed by atoms with Gasteiger partial charge in [0.2, 0.25) is 0 Å². The summed E-state index contributed by atoms with van der Waals surface area (Å²) in [4.78, 5) is 12.3. The topological polar surface area (TPSA) is 40.5 Å². The van der Waals surface area contributed by atoms with Crippen LogP contribution in [0.25, 0.3) is 17.0 Å². The number of ether oxygens (including phenoxy) is 2. The first-order valence-electron chi connectivity index (χ1n) is 7.45. The van der Waals surface area contributed by atoms with Gasteiger partial charge in [-0.05, 0) is 70.0 Å². The second-order valence-electron chi connectivity index (χ2n) is 6.20. The van der Waals surface area contributed by atoms with Crippen molar-refractivity contribution in [2.45, 2.75) is 40.2 Å². The molecule has 1 aromatic carbocycles. The third-order valence-corrected chi connectivity index (χ3v) is 3.11. The van der Waals surface area contributed by atoms with Gasteiger partial charge in [-0.15, -0.1) is 0 Å². The number of aryl methyl sites for hydroxylation is 1. The fourth-order valence-electron chi connectivity index (χ4n) is 2.30. The Balaban J connectivity index is 2.38. The van der Waals surface area contributed by atoms with Gasteiger partial charge < -0.3 is 9.47 Å². The summed E-state index contributed by atoms with van der Waals surface area (Å²) in [6, 6.07) is 5.97. The lowest BCUT2D eigenvalue weighted by molar-refractivity contribution is 0.0544. The van der Waals surface area contributed by atoms with Crippen molar-refractivity contribution in [2.24, 2.45) is 0 Å². The van der Waals surface area contributed by atoms with Crippen LogP contribution in [0.5, 0.6) is 0 Å². The molecule has 0 aliphatic heterocycles. The molecule has 0 aliphatic rings. The molecule has 4 heteroatoms. The Bertz CT molecular complexity index is 705. The number of benzene rings is 1. The maximum absolute atomic E-state index is 12.3. The summed E-state index contributed by atoms with van der Waals surface area (Å²) < 4.78 is 12.2. The van der Waals surface area contributed by atoms with E-state index in [2.05, 4.69) is 0 Å². The molecule has 0 saturated heterocycles. The van der Waals surface area contributed by atoms with Crippen LogP contribution < -0.4 is 0 Å². The van der Waals surface area contributed by atoms with E-state index in [9.17, 15) is 4.79 Å². The predicted octanol–water partition coefficient (Wildman–Crippen LogP) is 4.74. The van der Waals surface area contributed by atoms with Gasteiger partial charge in [0.25, 0.3) is 0 Å². The Labute approximate surface area is 131 Å². The summed E-state index contributed by atoms with van der Waals surface area (Å²) in [7, 11) is 0. The van der Waals surface area contributed by atoms with Crippen LogP contribution in [0.4, 0.5) is 4.79 Å². The standard InChI is InChI=1S/C18H23NO3/c1-6-21-10-8-14-11-13(2)16-15(12-14)7-9-19(16)17(20)22-18(3,4)5/h7-12H,6H2,1-5H3/b10-8+. The molecule has 4 nitrogen and oxygen atoms in total. The number of rotatable bonds is 3. The summed E-state index contributed by atoms with van der Waals surface area (Å²) in [6.45, 7) is 10.2. The molecule has 0 unspecified atom stereocenters. The van der Waals surface area contributed by atoms with E-state index >= 15 is 0 Å². The van der Waals surface area contributed by atoms with Gasteiger partial charge in [-0.25, -0.2) is 4.79 Å². The number of nitrogens with zero attached hydrogens (tertiary/aromatic N) is 1. The van der Waals surface area contributed by atoms with Crippen molar-refractivity contribution in [1.82, 2.24) is 4.57 Å². The highest BCUT2D eigenvalue weighted by Gasteiger charge is 2.19. The maximum atomic E-state index is 12.3. The third-order valence-electron chi connectivity index (χ3n) is 3.11. The third kappa shape index (κ3) is 3.70. The van der Waals surface area contributed by atoms with Crippen molar-refractivity contribution < 1.29 is 14.3 Å².